The van der Waals surface area contributed by atoms with E-state index < -0.39 is 7.60 Å². The Morgan fingerprint density at radius 3 is 2.30 bits per heavy atom. The first-order valence-electron chi connectivity index (χ1n) is 10.9. The first kappa shape index (κ1) is 24.6. The molecule has 0 fully saturated rings. The lowest BCUT2D eigenvalue weighted by molar-refractivity contribution is -0.111. The molecule has 7 nitrogen and oxygen atoms in total. The van der Waals surface area contributed by atoms with Crippen molar-refractivity contribution in [1.29, 1.82) is 0 Å². The van der Waals surface area contributed by atoms with E-state index in [1.807, 2.05) is 38.2 Å². The summed E-state index contributed by atoms with van der Waals surface area (Å²) >= 11 is 0. The van der Waals surface area contributed by atoms with Gasteiger partial charge < -0.3 is 14.4 Å². The number of carbonyl (C=O) groups excluding carboxylic acids is 1. The fraction of sp³-hybridized carbons (Fsp3) is 0.280. The first-order chi connectivity index (χ1) is 15.8. The number of hydrogen-bond acceptors (Lipinski definition) is 5. The zero-order valence-electron chi connectivity index (χ0n) is 19.4. The molecule has 174 valence electrons. The molecule has 3 rings (SSSR count). The average Bonchev–Trinajstić information content (AvgIpc) is 3.15. The van der Waals surface area contributed by atoms with Crippen molar-refractivity contribution in [2.75, 3.05) is 18.5 Å². The molecule has 0 radical (unpaired) electrons. The van der Waals surface area contributed by atoms with Gasteiger partial charge in [0, 0.05) is 29.9 Å². The summed E-state index contributed by atoms with van der Waals surface area (Å²) in [6.07, 6.45) is 5.17. The molecule has 0 aliphatic carbocycles. The second-order valence-electron chi connectivity index (χ2n) is 7.56. The maximum Gasteiger partial charge on any atom is 0.335 e. The second kappa shape index (κ2) is 11.2. The number of aryl methyl sites for hydroxylation is 2. The van der Waals surface area contributed by atoms with Crippen molar-refractivity contribution < 1.29 is 18.4 Å². The Hall–Kier alpha value is -2.99. The highest BCUT2D eigenvalue weighted by Gasteiger charge is 2.23. The minimum atomic E-state index is -3.17. The minimum Gasteiger partial charge on any atom is -0.323 e. The van der Waals surface area contributed by atoms with Gasteiger partial charge in [0.05, 0.1) is 31.3 Å². The molecule has 1 amide bonds. The fourth-order valence-electron chi connectivity index (χ4n) is 3.43. The monoisotopic (exact) mass is 467 g/mol. The number of hydrogen-bond donors (Lipinski definition) is 1. The highest BCUT2D eigenvalue weighted by molar-refractivity contribution is 7.53. The molecule has 0 aliphatic rings. The summed E-state index contributed by atoms with van der Waals surface area (Å²) in [5.74, 6) is -0.254. The van der Waals surface area contributed by atoms with E-state index in [4.69, 9.17) is 9.05 Å². The van der Waals surface area contributed by atoms with Crippen molar-refractivity contribution in [2.24, 2.45) is 7.05 Å². The van der Waals surface area contributed by atoms with Crippen molar-refractivity contribution in [2.45, 2.75) is 26.9 Å². The summed E-state index contributed by atoms with van der Waals surface area (Å²) in [6.45, 7) is 6.25. The lowest BCUT2D eigenvalue weighted by atomic mass is 10.1. The van der Waals surface area contributed by atoms with Crippen LogP contribution in [0, 0.1) is 6.92 Å². The van der Waals surface area contributed by atoms with Gasteiger partial charge in [-0.3, -0.25) is 14.0 Å². The SMILES string of the molecule is CCOP(=O)(Cc1ccc(NC(=O)C=Cc2cnn(C)c2-c2ccc(C)cc2)cc1)OCC. The molecule has 0 saturated carbocycles. The molecule has 0 aliphatic heterocycles. The van der Waals surface area contributed by atoms with Crippen molar-refractivity contribution in [1.82, 2.24) is 9.78 Å². The van der Waals surface area contributed by atoms with Gasteiger partial charge in [-0.25, -0.2) is 0 Å². The molecule has 0 bridgehead atoms. The van der Waals surface area contributed by atoms with E-state index in [2.05, 4.69) is 10.4 Å². The molecule has 8 heteroatoms. The van der Waals surface area contributed by atoms with Gasteiger partial charge in [0.15, 0.2) is 0 Å². The van der Waals surface area contributed by atoms with Crippen LogP contribution >= 0.6 is 7.60 Å². The Morgan fingerprint density at radius 1 is 1.06 bits per heavy atom. The molecule has 3 aromatic rings. The maximum atomic E-state index is 12.7. The highest BCUT2D eigenvalue weighted by atomic mass is 31.2. The van der Waals surface area contributed by atoms with Gasteiger partial charge >= 0.3 is 7.60 Å². The molecule has 1 aromatic heterocycles. The molecule has 1 heterocycles. The second-order valence-corrected chi connectivity index (χ2v) is 9.62. The number of nitrogens with zero attached hydrogens (tertiary/aromatic N) is 2. The van der Waals surface area contributed by atoms with Crippen molar-refractivity contribution >= 4 is 25.3 Å². The van der Waals surface area contributed by atoms with Crippen LogP contribution in [0.25, 0.3) is 17.3 Å². The molecular weight excluding hydrogens is 437 g/mol. The Kier molecular flexibility index (Phi) is 8.39. The topological polar surface area (TPSA) is 82.5 Å². The fourth-order valence-corrected chi connectivity index (χ4v) is 5.13. The molecule has 2 aromatic carbocycles. The Bertz CT molecular complexity index is 1140. The normalized spacial score (nSPS) is 11.8. The third kappa shape index (κ3) is 6.75. The standard InChI is InChI=1S/C25H30N3O4P/c1-5-31-33(30,32-6-2)18-20-9-14-23(15-10-20)27-24(29)16-13-22-17-26-28(4)25(22)21-11-7-19(3)8-12-21/h7-17H,5-6,18H2,1-4H3,(H,27,29). The van der Waals surface area contributed by atoms with Crippen LogP contribution < -0.4 is 5.32 Å². The predicted molar refractivity (Wildman–Crippen MR) is 132 cm³/mol. The van der Waals surface area contributed by atoms with E-state index >= 15 is 0 Å². The minimum absolute atomic E-state index is 0.186. The number of rotatable bonds is 10. The van der Waals surface area contributed by atoms with E-state index in [-0.39, 0.29) is 12.1 Å². The van der Waals surface area contributed by atoms with Gasteiger partial charge in [-0.15, -0.1) is 0 Å². The first-order valence-corrected chi connectivity index (χ1v) is 12.6. The van der Waals surface area contributed by atoms with E-state index in [0.717, 1.165) is 22.4 Å². The summed E-state index contributed by atoms with van der Waals surface area (Å²) in [6, 6.07) is 15.3. The third-order valence-corrected chi connectivity index (χ3v) is 7.01. The van der Waals surface area contributed by atoms with Crippen LogP contribution in [0.5, 0.6) is 0 Å². The Morgan fingerprint density at radius 2 is 1.70 bits per heavy atom. The van der Waals surface area contributed by atoms with Crippen LogP contribution in [0.15, 0.2) is 60.8 Å². The molecule has 1 N–H and O–H groups in total. The van der Waals surface area contributed by atoms with Crippen molar-refractivity contribution in [3.8, 4) is 11.3 Å². The van der Waals surface area contributed by atoms with E-state index in [1.165, 1.54) is 11.6 Å². The summed E-state index contributed by atoms with van der Waals surface area (Å²) in [4.78, 5) is 12.5. The largest absolute Gasteiger partial charge is 0.335 e. The predicted octanol–water partition coefficient (Wildman–Crippen LogP) is 5.81. The average molecular weight is 468 g/mol. The number of anilines is 1. The Balaban J connectivity index is 1.66. The molecule has 0 saturated heterocycles. The molecule has 0 spiro atoms. The number of benzene rings is 2. The molecule has 0 atom stereocenters. The van der Waals surface area contributed by atoms with Gasteiger partial charge in [0.25, 0.3) is 0 Å². The van der Waals surface area contributed by atoms with Gasteiger partial charge in [0.1, 0.15) is 0 Å². The van der Waals surface area contributed by atoms with Crippen LogP contribution in [0.2, 0.25) is 0 Å². The summed E-state index contributed by atoms with van der Waals surface area (Å²) in [5.41, 5.74) is 5.47. The number of carbonyl (C=O) groups is 1. The van der Waals surface area contributed by atoms with Crippen LogP contribution in [0.1, 0.15) is 30.5 Å². The van der Waals surface area contributed by atoms with E-state index in [0.29, 0.717) is 18.9 Å². The van der Waals surface area contributed by atoms with E-state index in [9.17, 15) is 9.36 Å². The lowest BCUT2D eigenvalue weighted by Gasteiger charge is -2.17. The number of amides is 1. The van der Waals surface area contributed by atoms with Gasteiger partial charge in [-0.2, -0.15) is 5.10 Å². The summed E-state index contributed by atoms with van der Waals surface area (Å²) in [7, 11) is -1.29. The quantitative estimate of drug-likeness (QED) is 0.300. The van der Waals surface area contributed by atoms with Crippen molar-refractivity contribution in [3.63, 3.8) is 0 Å². The number of aromatic nitrogens is 2. The molecular formula is C25H30N3O4P. The maximum absolute atomic E-state index is 12.7. The van der Waals surface area contributed by atoms with E-state index in [1.54, 1.807) is 55.1 Å². The van der Waals surface area contributed by atoms with Crippen LogP contribution in [0.4, 0.5) is 5.69 Å². The van der Waals surface area contributed by atoms with Crippen LogP contribution in [-0.2, 0) is 31.6 Å². The molecule has 33 heavy (non-hydrogen) atoms. The Labute approximate surface area is 195 Å². The highest BCUT2D eigenvalue weighted by Crippen LogP contribution is 2.51. The van der Waals surface area contributed by atoms with Gasteiger partial charge in [-0.1, -0.05) is 42.0 Å². The number of nitrogens with one attached hydrogen (secondary N) is 1. The smallest absolute Gasteiger partial charge is 0.323 e. The van der Waals surface area contributed by atoms with Crippen LogP contribution in [-0.4, -0.2) is 28.9 Å². The summed E-state index contributed by atoms with van der Waals surface area (Å²) in [5, 5.41) is 7.17. The van der Waals surface area contributed by atoms with Gasteiger partial charge in [-0.05, 0) is 44.5 Å². The zero-order chi connectivity index (χ0) is 23.8. The van der Waals surface area contributed by atoms with Crippen LogP contribution in [0.3, 0.4) is 0 Å². The summed E-state index contributed by atoms with van der Waals surface area (Å²) < 4.78 is 25.2. The zero-order valence-corrected chi connectivity index (χ0v) is 20.3. The van der Waals surface area contributed by atoms with Gasteiger partial charge in [0.2, 0.25) is 5.91 Å². The molecule has 0 unspecified atom stereocenters. The third-order valence-electron chi connectivity index (χ3n) is 4.96. The lowest BCUT2D eigenvalue weighted by Crippen LogP contribution is -2.07. The van der Waals surface area contributed by atoms with Crippen molar-refractivity contribution in [3.05, 3.63) is 77.5 Å².